The molecule has 1 amide bonds. The summed E-state index contributed by atoms with van der Waals surface area (Å²) in [6, 6.07) is 0. The molecule has 0 rings (SSSR count). The van der Waals surface area contributed by atoms with E-state index in [1.165, 1.54) is 0 Å². The number of nitrogens with one attached hydrogen (secondary N) is 2. The largest absolute Gasteiger partial charge is 0.465 e. The molecule has 0 bridgehead atoms. The number of carboxylic acid groups (broad SMARTS) is 1. The first-order valence-corrected chi connectivity index (χ1v) is 3.46. The van der Waals surface area contributed by atoms with Gasteiger partial charge in [0, 0.05) is 13.1 Å². The molecule has 0 saturated heterocycles. The molecule has 0 aliphatic rings. The van der Waals surface area contributed by atoms with Gasteiger partial charge in [0.25, 0.3) is 0 Å². The number of hydrogen-bond acceptors (Lipinski definition) is 3. The molecule has 0 unspecified atom stereocenters. The van der Waals surface area contributed by atoms with Crippen LogP contribution >= 0.6 is 0 Å². The Morgan fingerprint density at radius 1 is 1.45 bits per heavy atom. The van der Waals surface area contributed by atoms with Gasteiger partial charge in [-0.2, -0.15) is 0 Å². The number of amides is 1. The second-order valence-corrected chi connectivity index (χ2v) is 1.95. The van der Waals surface area contributed by atoms with E-state index in [1.54, 1.807) is 0 Å². The molecule has 0 spiro atoms. The maximum Gasteiger partial charge on any atom is 0.404 e. The van der Waals surface area contributed by atoms with Crippen molar-refractivity contribution >= 4 is 6.09 Å². The zero-order chi connectivity index (χ0) is 8.53. The van der Waals surface area contributed by atoms with E-state index in [0.29, 0.717) is 19.8 Å². The Balaban J connectivity index is 2.85. The smallest absolute Gasteiger partial charge is 0.404 e. The monoisotopic (exact) mass is 162 g/mol. The summed E-state index contributed by atoms with van der Waals surface area (Å²) >= 11 is 0. The fourth-order valence-corrected chi connectivity index (χ4v) is 0.506. The van der Waals surface area contributed by atoms with E-state index in [2.05, 4.69) is 10.6 Å². The fourth-order valence-electron chi connectivity index (χ4n) is 0.506. The Hall–Kier alpha value is -0.810. The minimum Gasteiger partial charge on any atom is -0.465 e. The third-order valence-corrected chi connectivity index (χ3v) is 1.02. The lowest BCUT2D eigenvalue weighted by Gasteiger charge is -2.02. The predicted octanol–water partition coefficient (Wildman–Crippen LogP) is -0.510. The summed E-state index contributed by atoms with van der Waals surface area (Å²) in [4.78, 5) is 9.91. The first-order chi connectivity index (χ1) is 5.27. The van der Waals surface area contributed by atoms with Gasteiger partial charge < -0.3 is 20.5 Å². The van der Waals surface area contributed by atoms with Crippen molar-refractivity contribution < 1.29 is 14.6 Å². The van der Waals surface area contributed by atoms with Crippen LogP contribution in [0.25, 0.3) is 0 Å². The van der Waals surface area contributed by atoms with Crippen molar-refractivity contribution in [2.45, 2.75) is 0 Å². The zero-order valence-corrected chi connectivity index (χ0v) is 6.59. The van der Waals surface area contributed by atoms with Gasteiger partial charge >= 0.3 is 6.09 Å². The molecule has 0 aliphatic heterocycles. The van der Waals surface area contributed by atoms with Gasteiger partial charge in [0.15, 0.2) is 0 Å². The lowest BCUT2D eigenvalue weighted by atomic mass is 10.6. The van der Waals surface area contributed by atoms with E-state index < -0.39 is 6.09 Å². The van der Waals surface area contributed by atoms with Crippen LogP contribution in [0.15, 0.2) is 0 Å². The molecule has 0 saturated carbocycles. The van der Waals surface area contributed by atoms with E-state index in [9.17, 15) is 4.79 Å². The highest BCUT2D eigenvalue weighted by Crippen LogP contribution is 1.71. The minimum atomic E-state index is -1.01. The first kappa shape index (κ1) is 10.2. The highest BCUT2D eigenvalue weighted by Gasteiger charge is 1.91. The molecule has 5 nitrogen and oxygen atoms in total. The molecule has 0 radical (unpaired) electrons. The summed E-state index contributed by atoms with van der Waals surface area (Å²) in [5, 5.41) is 13.2. The highest BCUT2D eigenvalue weighted by atomic mass is 16.5. The summed E-state index contributed by atoms with van der Waals surface area (Å²) in [7, 11) is 1.83. The van der Waals surface area contributed by atoms with Crippen LogP contribution in [0.4, 0.5) is 4.79 Å². The molecule has 0 heterocycles. The standard InChI is InChI=1S/C6H14N2O3/c1-7-2-4-11-5-3-8-6(9)10/h7-8H,2-5H2,1H3,(H,9,10). The summed E-state index contributed by atoms with van der Waals surface area (Å²) in [5.41, 5.74) is 0. The van der Waals surface area contributed by atoms with Crippen molar-refractivity contribution in [2.75, 3.05) is 33.4 Å². The number of rotatable bonds is 6. The Morgan fingerprint density at radius 2 is 2.09 bits per heavy atom. The first-order valence-electron chi connectivity index (χ1n) is 3.46. The molecular weight excluding hydrogens is 148 g/mol. The van der Waals surface area contributed by atoms with E-state index in [1.807, 2.05) is 7.05 Å². The van der Waals surface area contributed by atoms with E-state index >= 15 is 0 Å². The van der Waals surface area contributed by atoms with Crippen LogP contribution in [0.1, 0.15) is 0 Å². The summed E-state index contributed by atoms with van der Waals surface area (Å²) < 4.78 is 5.04. The molecule has 0 aromatic rings. The van der Waals surface area contributed by atoms with Gasteiger partial charge in [-0.25, -0.2) is 4.79 Å². The molecule has 66 valence electrons. The predicted molar refractivity (Wildman–Crippen MR) is 40.8 cm³/mol. The van der Waals surface area contributed by atoms with E-state index in [0.717, 1.165) is 6.54 Å². The highest BCUT2D eigenvalue weighted by molar-refractivity contribution is 5.64. The molecule has 0 aliphatic carbocycles. The second kappa shape index (κ2) is 7.30. The van der Waals surface area contributed by atoms with E-state index in [-0.39, 0.29) is 0 Å². The lowest BCUT2D eigenvalue weighted by molar-refractivity contribution is 0.135. The van der Waals surface area contributed by atoms with Crippen molar-refractivity contribution in [1.29, 1.82) is 0 Å². The fraction of sp³-hybridized carbons (Fsp3) is 0.833. The third-order valence-electron chi connectivity index (χ3n) is 1.02. The van der Waals surface area contributed by atoms with Crippen molar-refractivity contribution in [3.05, 3.63) is 0 Å². The van der Waals surface area contributed by atoms with Crippen LogP contribution in [-0.4, -0.2) is 44.6 Å². The molecule has 11 heavy (non-hydrogen) atoms. The van der Waals surface area contributed by atoms with Gasteiger partial charge in [-0.15, -0.1) is 0 Å². The van der Waals surface area contributed by atoms with Crippen LogP contribution in [0.5, 0.6) is 0 Å². The summed E-state index contributed by atoms with van der Waals surface area (Å²) in [5.74, 6) is 0. The summed E-state index contributed by atoms with van der Waals surface area (Å²) in [6.07, 6.45) is -1.01. The Labute approximate surface area is 65.7 Å². The molecule has 3 N–H and O–H groups in total. The Kier molecular flexibility index (Phi) is 6.76. The second-order valence-electron chi connectivity index (χ2n) is 1.95. The number of hydrogen-bond donors (Lipinski definition) is 3. The summed E-state index contributed by atoms with van der Waals surface area (Å²) in [6.45, 7) is 2.16. The molecule has 0 aromatic heterocycles. The third kappa shape index (κ3) is 9.19. The molecular formula is C6H14N2O3. The molecule has 0 fully saturated rings. The van der Waals surface area contributed by atoms with Gasteiger partial charge in [0.05, 0.1) is 13.2 Å². The van der Waals surface area contributed by atoms with Gasteiger partial charge in [-0.1, -0.05) is 0 Å². The van der Waals surface area contributed by atoms with Crippen molar-refractivity contribution in [3.63, 3.8) is 0 Å². The molecule has 0 aromatic carbocycles. The normalized spacial score (nSPS) is 9.55. The van der Waals surface area contributed by atoms with Gasteiger partial charge in [-0.3, -0.25) is 0 Å². The number of ether oxygens (including phenoxy) is 1. The Bertz CT molecular complexity index is 108. The quantitative estimate of drug-likeness (QED) is 0.460. The van der Waals surface area contributed by atoms with Crippen LogP contribution in [0.2, 0.25) is 0 Å². The number of carbonyl (C=O) groups is 1. The van der Waals surface area contributed by atoms with Crippen LogP contribution in [0.3, 0.4) is 0 Å². The van der Waals surface area contributed by atoms with Gasteiger partial charge in [-0.05, 0) is 7.05 Å². The maximum atomic E-state index is 9.91. The topological polar surface area (TPSA) is 70.6 Å². The maximum absolute atomic E-state index is 9.91. The average molecular weight is 162 g/mol. The van der Waals surface area contributed by atoms with Crippen LogP contribution < -0.4 is 10.6 Å². The lowest BCUT2D eigenvalue weighted by Crippen LogP contribution is -2.26. The van der Waals surface area contributed by atoms with Crippen LogP contribution in [-0.2, 0) is 4.74 Å². The Morgan fingerprint density at radius 3 is 2.64 bits per heavy atom. The zero-order valence-electron chi connectivity index (χ0n) is 6.59. The minimum absolute atomic E-state index is 0.346. The van der Waals surface area contributed by atoms with Gasteiger partial charge in [0.1, 0.15) is 0 Å². The van der Waals surface area contributed by atoms with Crippen molar-refractivity contribution in [1.82, 2.24) is 10.6 Å². The molecule has 5 heteroatoms. The van der Waals surface area contributed by atoms with Gasteiger partial charge in [0.2, 0.25) is 0 Å². The number of likely N-dealkylation sites (N-methyl/N-ethyl adjacent to an activating group) is 1. The SMILES string of the molecule is CNCCOCCNC(=O)O. The van der Waals surface area contributed by atoms with E-state index in [4.69, 9.17) is 9.84 Å². The average Bonchev–Trinajstić information content (AvgIpc) is 1.96. The van der Waals surface area contributed by atoms with Crippen molar-refractivity contribution in [3.8, 4) is 0 Å². The molecule has 0 atom stereocenters. The van der Waals surface area contributed by atoms with Crippen LogP contribution in [0, 0.1) is 0 Å². The van der Waals surface area contributed by atoms with Crippen molar-refractivity contribution in [2.24, 2.45) is 0 Å².